The van der Waals surface area contributed by atoms with Gasteiger partial charge >= 0.3 is 0 Å². The normalized spacial score (nSPS) is 10.5. The molecule has 0 saturated heterocycles. The first-order valence-corrected chi connectivity index (χ1v) is 8.01. The third-order valence-corrected chi connectivity index (χ3v) is 3.86. The first kappa shape index (κ1) is 16.9. The minimum atomic E-state index is -0.216. The van der Waals surface area contributed by atoms with E-state index in [1.807, 2.05) is 12.1 Å². The SMILES string of the molecule is CC(=O)c1ccc(NC(=O)Cc2cc(-c3ccc(Cl)cc3)on2)cc1. The summed E-state index contributed by atoms with van der Waals surface area (Å²) in [5.74, 6) is 0.340. The first-order valence-electron chi connectivity index (χ1n) is 7.63. The van der Waals surface area contributed by atoms with Gasteiger partial charge in [-0.2, -0.15) is 0 Å². The molecule has 1 N–H and O–H groups in total. The summed E-state index contributed by atoms with van der Waals surface area (Å²) in [4.78, 5) is 23.4. The summed E-state index contributed by atoms with van der Waals surface area (Å²) >= 11 is 5.86. The number of Topliss-reactive ketones (excluding diaryl/α,β-unsaturated/α-hetero) is 1. The van der Waals surface area contributed by atoms with E-state index in [2.05, 4.69) is 10.5 Å². The van der Waals surface area contributed by atoms with Gasteiger partial charge in [-0.05, 0) is 55.5 Å². The zero-order valence-electron chi connectivity index (χ0n) is 13.5. The third-order valence-electron chi connectivity index (χ3n) is 3.60. The molecule has 1 aromatic heterocycles. The highest BCUT2D eigenvalue weighted by Crippen LogP contribution is 2.22. The van der Waals surface area contributed by atoms with Crippen LogP contribution >= 0.6 is 11.6 Å². The number of rotatable bonds is 5. The molecular weight excluding hydrogens is 340 g/mol. The van der Waals surface area contributed by atoms with Crippen molar-refractivity contribution >= 4 is 29.0 Å². The predicted octanol–water partition coefficient (Wildman–Crippen LogP) is 4.38. The molecule has 0 radical (unpaired) electrons. The second-order valence-corrected chi connectivity index (χ2v) is 5.98. The number of hydrogen-bond acceptors (Lipinski definition) is 4. The average Bonchev–Trinajstić information content (AvgIpc) is 3.04. The number of amides is 1. The molecule has 0 fully saturated rings. The van der Waals surface area contributed by atoms with Crippen LogP contribution in [-0.4, -0.2) is 16.8 Å². The van der Waals surface area contributed by atoms with Crippen LogP contribution in [0, 0.1) is 0 Å². The molecule has 0 aliphatic carbocycles. The Morgan fingerprint density at radius 1 is 1.08 bits per heavy atom. The van der Waals surface area contributed by atoms with E-state index in [-0.39, 0.29) is 18.1 Å². The van der Waals surface area contributed by atoms with Crippen LogP contribution in [0.25, 0.3) is 11.3 Å². The van der Waals surface area contributed by atoms with Gasteiger partial charge in [0.25, 0.3) is 0 Å². The van der Waals surface area contributed by atoms with Crippen LogP contribution in [0.1, 0.15) is 23.0 Å². The molecule has 0 aliphatic rings. The van der Waals surface area contributed by atoms with Crippen molar-refractivity contribution < 1.29 is 14.1 Å². The molecule has 0 spiro atoms. The van der Waals surface area contributed by atoms with E-state index in [1.54, 1.807) is 42.5 Å². The lowest BCUT2D eigenvalue weighted by Gasteiger charge is -2.04. The van der Waals surface area contributed by atoms with E-state index < -0.39 is 0 Å². The van der Waals surface area contributed by atoms with Crippen molar-refractivity contribution in [3.63, 3.8) is 0 Å². The monoisotopic (exact) mass is 354 g/mol. The standard InChI is InChI=1S/C19H15ClN2O3/c1-12(23)13-4-8-16(9-5-13)21-19(24)11-17-10-18(25-22-17)14-2-6-15(20)7-3-14/h2-10H,11H2,1H3,(H,21,24). The van der Waals surface area contributed by atoms with Crippen LogP contribution in [0.4, 0.5) is 5.69 Å². The highest BCUT2D eigenvalue weighted by Gasteiger charge is 2.11. The Kier molecular flexibility index (Phi) is 4.95. The van der Waals surface area contributed by atoms with Crippen LogP contribution in [-0.2, 0) is 11.2 Å². The van der Waals surface area contributed by atoms with Crippen LogP contribution in [0.5, 0.6) is 0 Å². The van der Waals surface area contributed by atoms with Gasteiger partial charge in [0.2, 0.25) is 5.91 Å². The van der Waals surface area contributed by atoms with Gasteiger partial charge in [-0.3, -0.25) is 9.59 Å². The molecule has 1 heterocycles. The minimum Gasteiger partial charge on any atom is -0.356 e. The number of nitrogens with zero attached hydrogens (tertiary/aromatic N) is 1. The van der Waals surface area contributed by atoms with Crippen molar-refractivity contribution in [3.05, 3.63) is 70.9 Å². The molecule has 6 heteroatoms. The Bertz CT molecular complexity index is 899. The van der Waals surface area contributed by atoms with Gasteiger partial charge in [0.05, 0.1) is 12.1 Å². The smallest absolute Gasteiger partial charge is 0.230 e. The molecule has 3 aromatic rings. The molecule has 5 nitrogen and oxygen atoms in total. The van der Waals surface area contributed by atoms with Gasteiger partial charge in [0.15, 0.2) is 11.5 Å². The van der Waals surface area contributed by atoms with Gasteiger partial charge in [0, 0.05) is 27.9 Å². The topological polar surface area (TPSA) is 72.2 Å². The summed E-state index contributed by atoms with van der Waals surface area (Å²) in [5, 5.41) is 7.32. The van der Waals surface area contributed by atoms with Gasteiger partial charge < -0.3 is 9.84 Å². The fourth-order valence-corrected chi connectivity index (χ4v) is 2.43. The zero-order chi connectivity index (χ0) is 17.8. The molecule has 3 rings (SSSR count). The van der Waals surface area contributed by atoms with Crippen molar-refractivity contribution in [1.29, 1.82) is 0 Å². The molecule has 2 aromatic carbocycles. The molecule has 0 bridgehead atoms. The Morgan fingerprint density at radius 2 is 1.76 bits per heavy atom. The highest BCUT2D eigenvalue weighted by molar-refractivity contribution is 6.30. The van der Waals surface area contributed by atoms with Crippen molar-refractivity contribution in [2.75, 3.05) is 5.32 Å². The van der Waals surface area contributed by atoms with Gasteiger partial charge in [0.1, 0.15) is 0 Å². The number of ketones is 1. The lowest BCUT2D eigenvalue weighted by atomic mass is 10.1. The van der Waals surface area contributed by atoms with E-state index in [9.17, 15) is 9.59 Å². The minimum absolute atomic E-state index is 0.0183. The Morgan fingerprint density at radius 3 is 2.40 bits per heavy atom. The molecule has 0 atom stereocenters. The first-order chi connectivity index (χ1) is 12.0. The summed E-state index contributed by atoms with van der Waals surface area (Å²) in [6.07, 6.45) is 0.0888. The predicted molar refractivity (Wildman–Crippen MR) is 95.7 cm³/mol. The molecular formula is C19H15ClN2O3. The maximum atomic E-state index is 12.1. The van der Waals surface area contributed by atoms with E-state index in [1.165, 1.54) is 6.92 Å². The van der Waals surface area contributed by atoms with Crippen molar-refractivity contribution in [1.82, 2.24) is 5.16 Å². The molecule has 25 heavy (non-hydrogen) atoms. The number of hydrogen-bond donors (Lipinski definition) is 1. The Labute approximate surface area is 149 Å². The maximum Gasteiger partial charge on any atom is 0.230 e. The fourth-order valence-electron chi connectivity index (χ4n) is 2.30. The molecule has 0 saturated carbocycles. The number of halogens is 1. The molecule has 0 unspecified atom stereocenters. The van der Waals surface area contributed by atoms with Crippen LogP contribution in [0.15, 0.2) is 59.1 Å². The molecule has 1 amide bonds. The number of carbonyl (C=O) groups excluding carboxylic acids is 2. The Hall–Kier alpha value is -2.92. The fraction of sp³-hybridized carbons (Fsp3) is 0.105. The van der Waals surface area contributed by atoms with Crippen molar-refractivity contribution in [2.24, 2.45) is 0 Å². The summed E-state index contributed by atoms with van der Waals surface area (Å²) in [7, 11) is 0. The molecule has 0 aliphatic heterocycles. The van der Waals surface area contributed by atoms with Crippen LogP contribution in [0.2, 0.25) is 5.02 Å². The van der Waals surface area contributed by atoms with Crippen LogP contribution in [0.3, 0.4) is 0 Å². The van der Waals surface area contributed by atoms with Gasteiger partial charge in [-0.1, -0.05) is 16.8 Å². The summed E-state index contributed by atoms with van der Waals surface area (Å²) in [5.41, 5.74) is 2.59. The average molecular weight is 355 g/mol. The summed E-state index contributed by atoms with van der Waals surface area (Å²) in [6.45, 7) is 1.50. The zero-order valence-corrected chi connectivity index (χ0v) is 14.2. The largest absolute Gasteiger partial charge is 0.356 e. The van der Waals surface area contributed by atoms with Gasteiger partial charge in [-0.15, -0.1) is 0 Å². The van der Waals surface area contributed by atoms with E-state index >= 15 is 0 Å². The third kappa shape index (κ3) is 4.33. The summed E-state index contributed by atoms with van der Waals surface area (Å²) in [6, 6.07) is 15.6. The van der Waals surface area contributed by atoms with Crippen LogP contribution < -0.4 is 5.32 Å². The quantitative estimate of drug-likeness (QED) is 0.690. The van der Waals surface area contributed by atoms with Crippen molar-refractivity contribution in [2.45, 2.75) is 13.3 Å². The van der Waals surface area contributed by atoms with E-state index in [0.29, 0.717) is 27.7 Å². The maximum absolute atomic E-state index is 12.1. The summed E-state index contributed by atoms with van der Waals surface area (Å²) < 4.78 is 5.27. The lowest BCUT2D eigenvalue weighted by molar-refractivity contribution is -0.115. The van der Waals surface area contributed by atoms with E-state index in [4.69, 9.17) is 16.1 Å². The number of benzene rings is 2. The number of nitrogens with one attached hydrogen (secondary N) is 1. The Balaban J connectivity index is 1.63. The van der Waals surface area contributed by atoms with Gasteiger partial charge in [-0.25, -0.2) is 0 Å². The number of carbonyl (C=O) groups is 2. The van der Waals surface area contributed by atoms with E-state index in [0.717, 1.165) is 5.56 Å². The second kappa shape index (κ2) is 7.32. The lowest BCUT2D eigenvalue weighted by Crippen LogP contribution is -2.14. The number of anilines is 1. The highest BCUT2D eigenvalue weighted by atomic mass is 35.5. The number of aromatic nitrogens is 1. The second-order valence-electron chi connectivity index (χ2n) is 5.55. The molecule has 126 valence electrons. The van der Waals surface area contributed by atoms with Crippen molar-refractivity contribution in [3.8, 4) is 11.3 Å².